The fourth-order valence-corrected chi connectivity index (χ4v) is 4.86. The second-order valence-electron chi connectivity index (χ2n) is 5.47. The number of thiophene rings is 1. The predicted molar refractivity (Wildman–Crippen MR) is 94.0 cm³/mol. The summed E-state index contributed by atoms with van der Waals surface area (Å²) < 4.78 is 1.68. The molecule has 2 heterocycles. The first-order valence-electron chi connectivity index (χ1n) is 7.37. The van der Waals surface area contributed by atoms with Crippen molar-refractivity contribution in [1.82, 2.24) is 9.55 Å². The molecule has 0 amide bonds. The molecule has 0 saturated heterocycles. The first-order valence-corrected chi connectivity index (χ1v) is 9.41. The maximum atomic E-state index is 13.2. The number of aromatic nitrogens is 2. The Kier molecular flexibility index (Phi) is 3.58. The van der Waals surface area contributed by atoms with Gasteiger partial charge in [0.2, 0.25) is 0 Å². The molecule has 0 unspecified atom stereocenters. The maximum absolute atomic E-state index is 13.2. The number of benzene rings is 1. The van der Waals surface area contributed by atoms with Crippen LogP contribution in [0.25, 0.3) is 15.9 Å². The van der Waals surface area contributed by atoms with Gasteiger partial charge in [-0.05, 0) is 30.4 Å². The van der Waals surface area contributed by atoms with Crippen molar-refractivity contribution in [3.63, 3.8) is 0 Å². The average molecular weight is 342 g/mol. The van der Waals surface area contributed by atoms with Crippen LogP contribution in [0, 0.1) is 0 Å². The monoisotopic (exact) mass is 342 g/mol. The first kappa shape index (κ1) is 14.7. The molecule has 6 heteroatoms. The number of nitrogens with zero attached hydrogens (tertiary/aromatic N) is 2. The van der Waals surface area contributed by atoms with E-state index in [2.05, 4.69) is 0 Å². The van der Waals surface area contributed by atoms with E-state index >= 15 is 0 Å². The van der Waals surface area contributed by atoms with Gasteiger partial charge in [-0.15, -0.1) is 11.3 Å². The third kappa shape index (κ3) is 2.33. The highest BCUT2D eigenvalue weighted by Crippen LogP contribution is 2.34. The van der Waals surface area contributed by atoms with Crippen LogP contribution in [0.4, 0.5) is 0 Å². The lowest BCUT2D eigenvalue weighted by Gasteiger charge is -2.12. The topological polar surface area (TPSA) is 52.0 Å². The fourth-order valence-electron chi connectivity index (χ4n) is 3.01. The SMILES string of the molecule is CSc1nc2sc3c(c2c(=O)n1-c1ccccc1)CCC(=O)C3. The van der Waals surface area contributed by atoms with Crippen LogP contribution in [0.5, 0.6) is 0 Å². The Hall–Kier alpha value is -1.92. The van der Waals surface area contributed by atoms with Crippen LogP contribution in [-0.2, 0) is 17.6 Å². The van der Waals surface area contributed by atoms with Gasteiger partial charge in [0, 0.05) is 17.7 Å². The van der Waals surface area contributed by atoms with Gasteiger partial charge in [0.05, 0.1) is 11.1 Å². The first-order chi connectivity index (χ1) is 11.2. The van der Waals surface area contributed by atoms with Crippen LogP contribution in [0.1, 0.15) is 16.9 Å². The van der Waals surface area contributed by atoms with E-state index < -0.39 is 0 Å². The number of hydrogen-bond donors (Lipinski definition) is 0. The van der Waals surface area contributed by atoms with Crippen molar-refractivity contribution in [1.29, 1.82) is 0 Å². The standard InChI is InChI=1S/C17H14N2O2S2/c1-22-17-18-15-14(12-8-7-11(20)9-13(12)23-15)16(21)19(17)10-5-3-2-4-6-10/h2-6H,7-9H2,1H3. The molecule has 0 bridgehead atoms. The number of para-hydroxylation sites is 1. The highest BCUT2D eigenvalue weighted by Gasteiger charge is 2.25. The molecule has 3 aromatic rings. The van der Waals surface area contributed by atoms with E-state index in [-0.39, 0.29) is 11.3 Å². The predicted octanol–water partition coefficient (Wildman–Crippen LogP) is 3.23. The smallest absolute Gasteiger partial charge is 0.267 e. The minimum Gasteiger partial charge on any atom is -0.299 e. The molecule has 2 aromatic heterocycles. The van der Waals surface area contributed by atoms with Crippen LogP contribution in [0.15, 0.2) is 40.3 Å². The van der Waals surface area contributed by atoms with Gasteiger partial charge in [-0.3, -0.25) is 14.2 Å². The molecule has 4 nitrogen and oxygen atoms in total. The Labute approximate surface area is 141 Å². The lowest BCUT2D eigenvalue weighted by atomic mass is 9.96. The van der Waals surface area contributed by atoms with Crippen LogP contribution < -0.4 is 5.56 Å². The second kappa shape index (κ2) is 5.62. The van der Waals surface area contributed by atoms with Crippen LogP contribution in [0.3, 0.4) is 0 Å². The van der Waals surface area contributed by atoms with Crippen molar-refractivity contribution in [3.05, 3.63) is 51.1 Å². The second-order valence-corrected chi connectivity index (χ2v) is 7.33. The number of ketones is 1. The van der Waals surface area contributed by atoms with Gasteiger partial charge >= 0.3 is 0 Å². The molecular weight excluding hydrogens is 328 g/mol. The summed E-state index contributed by atoms with van der Waals surface area (Å²) in [4.78, 5) is 31.3. The van der Waals surface area contributed by atoms with E-state index in [1.54, 1.807) is 4.57 Å². The molecule has 4 rings (SSSR count). The fraction of sp³-hybridized carbons (Fsp3) is 0.235. The number of fused-ring (bicyclic) bond motifs is 3. The molecule has 0 fully saturated rings. The number of carbonyl (C=O) groups is 1. The molecule has 0 spiro atoms. The molecule has 1 aromatic carbocycles. The zero-order valence-electron chi connectivity index (χ0n) is 12.5. The van der Waals surface area contributed by atoms with E-state index in [1.807, 2.05) is 36.6 Å². The molecule has 0 N–H and O–H groups in total. The van der Waals surface area contributed by atoms with Gasteiger partial charge in [0.25, 0.3) is 5.56 Å². The van der Waals surface area contributed by atoms with Gasteiger partial charge in [-0.25, -0.2) is 4.98 Å². The summed E-state index contributed by atoms with van der Waals surface area (Å²) in [6.45, 7) is 0. The third-order valence-electron chi connectivity index (χ3n) is 4.09. The zero-order chi connectivity index (χ0) is 16.0. The minimum atomic E-state index is -0.0302. The van der Waals surface area contributed by atoms with Crippen LogP contribution in [0.2, 0.25) is 0 Å². The van der Waals surface area contributed by atoms with Gasteiger partial charge in [0.1, 0.15) is 10.6 Å². The summed E-state index contributed by atoms with van der Waals surface area (Å²) in [7, 11) is 0. The van der Waals surface area contributed by atoms with Gasteiger partial charge in [0.15, 0.2) is 5.16 Å². The molecular formula is C17H14N2O2S2. The van der Waals surface area contributed by atoms with E-state index in [0.717, 1.165) is 21.0 Å². The normalized spacial score (nSPS) is 14.2. The summed E-state index contributed by atoms with van der Waals surface area (Å²) in [5.41, 5.74) is 1.82. The summed E-state index contributed by atoms with van der Waals surface area (Å²) in [5, 5.41) is 1.37. The largest absolute Gasteiger partial charge is 0.299 e. The lowest BCUT2D eigenvalue weighted by molar-refractivity contribution is -0.118. The highest BCUT2D eigenvalue weighted by molar-refractivity contribution is 7.98. The van der Waals surface area contributed by atoms with Crippen molar-refractivity contribution in [2.75, 3.05) is 6.26 Å². The van der Waals surface area contributed by atoms with E-state index in [1.165, 1.54) is 23.1 Å². The molecule has 0 aliphatic heterocycles. The molecule has 0 radical (unpaired) electrons. The Bertz CT molecular complexity index is 974. The third-order valence-corrected chi connectivity index (χ3v) is 5.85. The molecule has 1 aliphatic rings. The number of hydrogen-bond acceptors (Lipinski definition) is 5. The van der Waals surface area contributed by atoms with Crippen LogP contribution >= 0.6 is 23.1 Å². The molecule has 23 heavy (non-hydrogen) atoms. The summed E-state index contributed by atoms with van der Waals surface area (Å²) >= 11 is 2.95. The Balaban J connectivity index is 2.06. The van der Waals surface area contributed by atoms with Gasteiger partial charge in [-0.2, -0.15) is 0 Å². The quantitative estimate of drug-likeness (QED) is 0.530. The van der Waals surface area contributed by atoms with Crippen molar-refractivity contribution in [2.45, 2.75) is 24.4 Å². The Morgan fingerprint density at radius 3 is 2.70 bits per heavy atom. The minimum absolute atomic E-state index is 0.0302. The lowest BCUT2D eigenvalue weighted by Crippen LogP contribution is -2.22. The van der Waals surface area contributed by atoms with Crippen molar-refractivity contribution < 1.29 is 4.79 Å². The molecule has 0 atom stereocenters. The van der Waals surface area contributed by atoms with E-state index in [4.69, 9.17) is 4.98 Å². The number of rotatable bonds is 2. The van der Waals surface area contributed by atoms with Crippen molar-refractivity contribution in [3.8, 4) is 5.69 Å². The van der Waals surface area contributed by atoms with Gasteiger partial charge in [-0.1, -0.05) is 30.0 Å². The number of aryl methyl sites for hydroxylation is 1. The van der Waals surface area contributed by atoms with E-state index in [9.17, 15) is 9.59 Å². The molecule has 116 valence electrons. The van der Waals surface area contributed by atoms with E-state index in [0.29, 0.717) is 29.8 Å². The Morgan fingerprint density at radius 1 is 1.17 bits per heavy atom. The highest BCUT2D eigenvalue weighted by atomic mass is 32.2. The van der Waals surface area contributed by atoms with Crippen molar-refractivity contribution in [2.24, 2.45) is 0 Å². The zero-order valence-corrected chi connectivity index (χ0v) is 14.2. The number of carbonyl (C=O) groups excluding carboxylic acids is 1. The molecule has 1 aliphatic carbocycles. The maximum Gasteiger partial charge on any atom is 0.267 e. The number of thioether (sulfide) groups is 1. The summed E-state index contributed by atoms with van der Waals surface area (Å²) in [6, 6.07) is 9.58. The summed E-state index contributed by atoms with van der Waals surface area (Å²) in [5.74, 6) is 0.248. The van der Waals surface area contributed by atoms with Gasteiger partial charge < -0.3 is 0 Å². The van der Waals surface area contributed by atoms with Crippen LogP contribution in [-0.4, -0.2) is 21.6 Å². The summed E-state index contributed by atoms with van der Waals surface area (Å²) in [6.07, 6.45) is 3.53. The number of Topliss-reactive ketones (excluding diaryl/α,β-unsaturated/α-hetero) is 1. The molecule has 0 saturated carbocycles. The Morgan fingerprint density at radius 2 is 1.96 bits per heavy atom. The average Bonchev–Trinajstić information content (AvgIpc) is 2.92. The van der Waals surface area contributed by atoms with Crippen molar-refractivity contribution >= 4 is 39.1 Å².